The fraction of sp³-hybridized carbons (Fsp3) is 0. The van der Waals surface area contributed by atoms with Crippen LogP contribution in [-0.4, -0.2) is 11.0 Å². The number of carbonyl (C=O) groups excluding carboxylic acids is 1. The molecule has 0 aliphatic rings. The Morgan fingerprint density at radius 2 is 2.29 bits per heavy atom. The van der Waals surface area contributed by atoms with Crippen LogP contribution < -0.4 is 11.1 Å². The number of carbonyl (C=O) groups is 1. The Hall–Kier alpha value is -1.68. The highest BCUT2D eigenvalue weighted by Gasteiger charge is 2.04. The van der Waals surface area contributed by atoms with E-state index < -0.39 is 6.03 Å². The quantitative estimate of drug-likeness (QED) is 0.663. The molecule has 4 nitrogen and oxygen atoms in total. The van der Waals surface area contributed by atoms with Crippen LogP contribution >= 0.6 is 11.6 Å². The number of hydrogen-bond donors (Lipinski definition) is 3. The van der Waals surface area contributed by atoms with Crippen LogP contribution in [0.5, 0.6) is 0 Å². The summed E-state index contributed by atoms with van der Waals surface area (Å²) in [5, 5.41) is 3.96. The van der Waals surface area contributed by atoms with Crippen molar-refractivity contribution in [2.24, 2.45) is 5.73 Å². The normalized spacial score (nSPS) is 10.4. The van der Waals surface area contributed by atoms with E-state index in [1.54, 1.807) is 18.3 Å². The summed E-state index contributed by atoms with van der Waals surface area (Å²) in [5.41, 5.74) is 6.55. The molecule has 5 heteroatoms. The van der Waals surface area contributed by atoms with Gasteiger partial charge in [-0.15, -0.1) is 0 Å². The molecule has 1 aromatic heterocycles. The van der Waals surface area contributed by atoms with Gasteiger partial charge in [0.15, 0.2) is 0 Å². The molecule has 0 saturated heterocycles. The Labute approximate surface area is 85.0 Å². The molecule has 14 heavy (non-hydrogen) atoms. The summed E-state index contributed by atoms with van der Waals surface area (Å²) < 4.78 is 0. The second kappa shape index (κ2) is 3.23. The summed E-state index contributed by atoms with van der Waals surface area (Å²) in [6, 6.07) is 4.78. The van der Waals surface area contributed by atoms with Crippen molar-refractivity contribution in [3.05, 3.63) is 29.4 Å². The number of primary amides is 1. The molecule has 0 bridgehead atoms. The van der Waals surface area contributed by atoms with Crippen LogP contribution in [0.3, 0.4) is 0 Å². The lowest BCUT2D eigenvalue weighted by Crippen LogP contribution is -2.18. The minimum atomic E-state index is -0.592. The number of nitrogens with one attached hydrogen (secondary N) is 2. The second-order valence-electron chi connectivity index (χ2n) is 2.88. The van der Waals surface area contributed by atoms with Crippen LogP contribution in [0.25, 0.3) is 10.9 Å². The SMILES string of the molecule is NC(=O)Nc1c[nH]c2ccc(Cl)cc12. The Morgan fingerprint density at radius 1 is 1.50 bits per heavy atom. The molecule has 0 unspecified atom stereocenters. The minimum Gasteiger partial charge on any atom is -0.359 e. The molecule has 2 rings (SSSR count). The van der Waals surface area contributed by atoms with Crippen LogP contribution in [0, 0.1) is 0 Å². The minimum absolute atomic E-state index is 0.592. The molecule has 72 valence electrons. The summed E-state index contributed by atoms with van der Waals surface area (Å²) >= 11 is 5.83. The smallest absolute Gasteiger partial charge is 0.316 e. The molecular weight excluding hydrogens is 202 g/mol. The average Bonchev–Trinajstić information content (AvgIpc) is 2.47. The molecule has 0 saturated carbocycles. The van der Waals surface area contributed by atoms with Gasteiger partial charge >= 0.3 is 6.03 Å². The number of benzene rings is 1. The Kier molecular flexibility index (Phi) is 2.05. The Morgan fingerprint density at radius 3 is 3.00 bits per heavy atom. The van der Waals surface area contributed by atoms with Crippen LogP contribution in [0.4, 0.5) is 10.5 Å². The lowest BCUT2D eigenvalue weighted by molar-refractivity contribution is 0.259. The van der Waals surface area contributed by atoms with Crippen molar-refractivity contribution in [3.8, 4) is 0 Å². The Balaban J connectivity index is 2.55. The molecule has 0 aliphatic heterocycles. The van der Waals surface area contributed by atoms with Gasteiger partial charge in [-0.05, 0) is 18.2 Å². The second-order valence-corrected chi connectivity index (χ2v) is 3.32. The van der Waals surface area contributed by atoms with Gasteiger partial charge < -0.3 is 16.0 Å². The average molecular weight is 210 g/mol. The molecule has 0 atom stereocenters. The summed E-state index contributed by atoms with van der Waals surface area (Å²) in [5.74, 6) is 0. The third-order valence-corrected chi connectivity index (χ3v) is 2.14. The number of amides is 2. The lowest BCUT2D eigenvalue weighted by Gasteiger charge is -1.98. The molecule has 0 aliphatic carbocycles. The summed E-state index contributed by atoms with van der Waals surface area (Å²) in [6.07, 6.45) is 1.67. The Bertz CT molecular complexity index is 492. The molecule has 1 heterocycles. The zero-order valence-electron chi connectivity index (χ0n) is 7.17. The van der Waals surface area contributed by atoms with Gasteiger partial charge in [0.2, 0.25) is 0 Å². The molecule has 0 spiro atoms. The van der Waals surface area contributed by atoms with Gasteiger partial charge in [-0.3, -0.25) is 0 Å². The van der Waals surface area contributed by atoms with Crippen molar-refractivity contribution in [1.29, 1.82) is 0 Å². The first kappa shape index (κ1) is 8.90. The van der Waals surface area contributed by atoms with Gasteiger partial charge in [-0.25, -0.2) is 4.79 Å². The molecular formula is C9H8ClN3O. The maximum Gasteiger partial charge on any atom is 0.316 e. The van der Waals surface area contributed by atoms with E-state index in [2.05, 4.69) is 10.3 Å². The van der Waals surface area contributed by atoms with Gasteiger partial charge in [-0.1, -0.05) is 11.6 Å². The van der Waals surface area contributed by atoms with Gasteiger partial charge in [-0.2, -0.15) is 0 Å². The fourth-order valence-electron chi connectivity index (χ4n) is 1.33. The van der Waals surface area contributed by atoms with E-state index in [1.807, 2.05) is 6.07 Å². The highest BCUT2D eigenvalue weighted by atomic mass is 35.5. The first-order chi connectivity index (χ1) is 6.66. The first-order valence-electron chi connectivity index (χ1n) is 4.00. The maximum absolute atomic E-state index is 10.7. The predicted octanol–water partition coefficient (Wildman–Crippen LogP) is 2.31. The highest BCUT2D eigenvalue weighted by Crippen LogP contribution is 2.25. The first-order valence-corrected chi connectivity index (χ1v) is 4.38. The number of anilines is 1. The van der Waals surface area contributed by atoms with E-state index in [9.17, 15) is 4.79 Å². The topological polar surface area (TPSA) is 70.9 Å². The number of hydrogen-bond acceptors (Lipinski definition) is 1. The van der Waals surface area contributed by atoms with Crippen molar-refractivity contribution in [1.82, 2.24) is 4.98 Å². The number of halogens is 1. The number of fused-ring (bicyclic) bond motifs is 1. The number of H-pyrrole nitrogens is 1. The van der Waals surface area contributed by atoms with Gasteiger partial charge in [0.1, 0.15) is 0 Å². The summed E-state index contributed by atoms with van der Waals surface area (Å²) in [7, 11) is 0. The molecule has 0 radical (unpaired) electrons. The van der Waals surface area contributed by atoms with E-state index in [0.717, 1.165) is 10.9 Å². The molecule has 2 amide bonds. The van der Waals surface area contributed by atoms with E-state index >= 15 is 0 Å². The number of rotatable bonds is 1. The third-order valence-electron chi connectivity index (χ3n) is 1.90. The predicted molar refractivity (Wildman–Crippen MR) is 56.5 cm³/mol. The maximum atomic E-state index is 10.7. The molecule has 2 aromatic rings. The van der Waals surface area contributed by atoms with Gasteiger partial charge in [0, 0.05) is 22.1 Å². The molecule has 1 aromatic carbocycles. The number of nitrogens with two attached hydrogens (primary N) is 1. The monoisotopic (exact) mass is 209 g/mol. The van der Waals surface area contributed by atoms with Crippen molar-refractivity contribution in [3.63, 3.8) is 0 Å². The summed E-state index contributed by atoms with van der Waals surface area (Å²) in [6.45, 7) is 0. The third kappa shape index (κ3) is 1.52. The van der Waals surface area contributed by atoms with Crippen LogP contribution in [0.1, 0.15) is 0 Å². The van der Waals surface area contributed by atoms with E-state index in [-0.39, 0.29) is 0 Å². The fourth-order valence-corrected chi connectivity index (χ4v) is 1.50. The van der Waals surface area contributed by atoms with Crippen molar-refractivity contribution < 1.29 is 4.79 Å². The van der Waals surface area contributed by atoms with Crippen molar-refractivity contribution in [2.75, 3.05) is 5.32 Å². The summed E-state index contributed by atoms with van der Waals surface area (Å²) in [4.78, 5) is 13.7. The lowest BCUT2D eigenvalue weighted by atomic mass is 10.2. The molecule has 0 fully saturated rings. The highest BCUT2D eigenvalue weighted by molar-refractivity contribution is 6.31. The standard InChI is InChI=1S/C9H8ClN3O/c10-5-1-2-7-6(3-5)8(4-12-7)13-9(11)14/h1-4,12H,(H3,11,13,14). The van der Waals surface area contributed by atoms with Crippen LogP contribution in [0.2, 0.25) is 5.02 Å². The van der Waals surface area contributed by atoms with Gasteiger partial charge in [0.05, 0.1) is 5.69 Å². The molecule has 4 N–H and O–H groups in total. The number of aromatic amines is 1. The number of aromatic nitrogens is 1. The number of urea groups is 1. The van der Waals surface area contributed by atoms with E-state index in [0.29, 0.717) is 10.7 Å². The van der Waals surface area contributed by atoms with Crippen molar-refractivity contribution >= 4 is 34.2 Å². The van der Waals surface area contributed by atoms with Crippen LogP contribution in [0.15, 0.2) is 24.4 Å². The van der Waals surface area contributed by atoms with Crippen molar-refractivity contribution in [2.45, 2.75) is 0 Å². The van der Waals surface area contributed by atoms with Crippen LogP contribution in [-0.2, 0) is 0 Å². The zero-order chi connectivity index (χ0) is 10.1. The largest absolute Gasteiger partial charge is 0.359 e. The van der Waals surface area contributed by atoms with Gasteiger partial charge in [0.25, 0.3) is 0 Å². The zero-order valence-corrected chi connectivity index (χ0v) is 7.93. The van der Waals surface area contributed by atoms with E-state index in [4.69, 9.17) is 17.3 Å². The van der Waals surface area contributed by atoms with E-state index in [1.165, 1.54) is 0 Å².